The van der Waals surface area contributed by atoms with E-state index in [1.807, 2.05) is 6.07 Å². The van der Waals surface area contributed by atoms with Crippen LogP contribution >= 0.6 is 11.6 Å². The average Bonchev–Trinajstić information content (AvgIpc) is 2.38. The second kappa shape index (κ2) is 5.32. The molecule has 0 spiro atoms. The first-order valence-electron chi connectivity index (χ1n) is 5.40. The second-order valence-electron chi connectivity index (χ2n) is 3.94. The molecule has 5 heteroatoms. The zero-order valence-electron chi connectivity index (χ0n) is 9.42. The Morgan fingerprint density at radius 1 is 1.33 bits per heavy atom. The first kappa shape index (κ1) is 12.8. The second-order valence-corrected chi connectivity index (χ2v) is 4.35. The normalized spacial score (nSPS) is 14.1. The lowest BCUT2D eigenvalue weighted by Gasteiger charge is -2.15. The van der Waals surface area contributed by atoms with Crippen molar-refractivity contribution in [2.75, 3.05) is 0 Å². The van der Waals surface area contributed by atoms with Crippen LogP contribution in [0.25, 0.3) is 10.9 Å². The first-order chi connectivity index (χ1) is 8.63. The predicted octanol–water partition coefficient (Wildman–Crippen LogP) is 2.20. The summed E-state index contributed by atoms with van der Waals surface area (Å²) in [7, 11) is 0. The molecule has 0 aliphatic carbocycles. The maximum atomic E-state index is 9.89. The Labute approximate surface area is 109 Å². The molecule has 1 heterocycles. The number of aromatic nitrogens is 1. The summed E-state index contributed by atoms with van der Waals surface area (Å²) in [6, 6.07) is 8.57. The molecule has 0 fully saturated rings. The van der Waals surface area contributed by atoms with Crippen molar-refractivity contribution in [1.29, 1.82) is 5.26 Å². The smallest absolute Gasteiger partial charge is 0.106 e. The van der Waals surface area contributed by atoms with Crippen LogP contribution in [-0.2, 0) is 0 Å². The molecule has 2 N–H and O–H groups in total. The van der Waals surface area contributed by atoms with Crippen LogP contribution < -0.4 is 0 Å². The van der Waals surface area contributed by atoms with E-state index in [9.17, 15) is 10.2 Å². The molecule has 0 bridgehead atoms. The SMILES string of the molecule is N#CCC(O)C(O)c1ccc2c(Cl)ccnc2c1. The van der Waals surface area contributed by atoms with Gasteiger partial charge in [0.05, 0.1) is 29.1 Å². The van der Waals surface area contributed by atoms with Crippen LogP contribution in [-0.4, -0.2) is 21.3 Å². The predicted molar refractivity (Wildman–Crippen MR) is 67.9 cm³/mol. The summed E-state index contributed by atoms with van der Waals surface area (Å²) in [5.74, 6) is 0. The Hall–Kier alpha value is -1.67. The highest BCUT2D eigenvalue weighted by molar-refractivity contribution is 6.35. The topological polar surface area (TPSA) is 77.1 Å². The zero-order valence-corrected chi connectivity index (χ0v) is 10.2. The summed E-state index contributed by atoms with van der Waals surface area (Å²) in [6.07, 6.45) is -0.754. The standard InChI is InChI=1S/C13H11ClN2O2/c14-10-4-6-16-11-7-8(1-2-9(10)11)13(18)12(17)3-5-15/h1-2,4,6-7,12-13,17-18H,3H2. The van der Waals surface area contributed by atoms with Gasteiger partial charge in [-0.1, -0.05) is 23.7 Å². The Balaban J connectivity index is 2.39. The molecule has 4 nitrogen and oxygen atoms in total. The van der Waals surface area contributed by atoms with E-state index in [1.54, 1.807) is 30.5 Å². The monoisotopic (exact) mass is 262 g/mol. The lowest BCUT2D eigenvalue weighted by Crippen LogP contribution is -2.17. The van der Waals surface area contributed by atoms with Gasteiger partial charge in [-0.3, -0.25) is 4.98 Å². The van der Waals surface area contributed by atoms with Crippen molar-refractivity contribution in [2.45, 2.75) is 18.6 Å². The Morgan fingerprint density at radius 2 is 2.11 bits per heavy atom. The number of aliphatic hydroxyl groups is 2. The fourth-order valence-electron chi connectivity index (χ4n) is 1.74. The van der Waals surface area contributed by atoms with Gasteiger partial charge in [0.25, 0.3) is 0 Å². The molecule has 1 aromatic carbocycles. The van der Waals surface area contributed by atoms with E-state index in [0.717, 1.165) is 5.39 Å². The number of nitriles is 1. The first-order valence-corrected chi connectivity index (χ1v) is 5.78. The lowest BCUT2D eigenvalue weighted by molar-refractivity contribution is 0.0217. The van der Waals surface area contributed by atoms with Crippen LogP contribution in [0.4, 0.5) is 0 Å². The Kier molecular flexibility index (Phi) is 3.78. The molecular weight excluding hydrogens is 252 g/mol. The third-order valence-corrected chi connectivity index (χ3v) is 3.05. The molecule has 18 heavy (non-hydrogen) atoms. The quantitative estimate of drug-likeness (QED) is 0.889. The van der Waals surface area contributed by atoms with Gasteiger partial charge in [-0.25, -0.2) is 0 Å². The van der Waals surface area contributed by atoms with E-state index in [0.29, 0.717) is 16.1 Å². The highest BCUT2D eigenvalue weighted by atomic mass is 35.5. The van der Waals surface area contributed by atoms with Crippen LogP contribution in [0.2, 0.25) is 5.02 Å². The summed E-state index contributed by atoms with van der Waals surface area (Å²) in [6.45, 7) is 0. The molecule has 2 rings (SSSR count). The third-order valence-electron chi connectivity index (χ3n) is 2.72. The average molecular weight is 263 g/mol. The van der Waals surface area contributed by atoms with E-state index in [2.05, 4.69) is 4.98 Å². The van der Waals surface area contributed by atoms with Crippen molar-refractivity contribution in [3.8, 4) is 6.07 Å². The maximum Gasteiger partial charge on any atom is 0.106 e. The Morgan fingerprint density at radius 3 is 2.83 bits per heavy atom. The van der Waals surface area contributed by atoms with Crippen molar-refractivity contribution in [3.05, 3.63) is 41.0 Å². The van der Waals surface area contributed by atoms with Crippen LogP contribution in [0.15, 0.2) is 30.5 Å². The number of rotatable bonds is 3. The van der Waals surface area contributed by atoms with Gasteiger partial charge in [0.1, 0.15) is 6.10 Å². The van der Waals surface area contributed by atoms with Crippen LogP contribution in [0.1, 0.15) is 18.1 Å². The van der Waals surface area contributed by atoms with Gasteiger partial charge in [0.2, 0.25) is 0 Å². The van der Waals surface area contributed by atoms with Gasteiger partial charge in [0.15, 0.2) is 0 Å². The summed E-state index contributed by atoms with van der Waals surface area (Å²) in [4.78, 5) is 4.15. The van der Waals surface area contributed by atoms with E-state index >= 15 is 0 Å². The fourth-order valence-corrected chi connectivity index (χ4v) is 1.96. The molecule has 0 aliphatic heterocycles. The van der Waals surface area contributed by atoms with Gasteiger partial charge in [-0.05, 0) is 17.7 Å². The summed E-state index contributed by atoms with van der Waals surface area (Å²) in [5.41, 5.74) is 1.16. The zero-order chi connectivity index (χ0) is 13.1. The minimum absolute atomic E-state index is 0.123. The van der Waals surface area contributed by atoms with Gasteiger partial charge in [0, 0.05) is 11.6 Å². The van der Waals surface area contributed by atoms with Crippen LogP contribution in [0, 0.1) is 11.3 Å². The van der Waals surface area contributed by atoms with Gasteiger partial charge < -0.3 is 10.2 Å². The van der Waals surface area contributed by atoms with Gasteiger partial charge in [-0.15, -0.1) is 0 Å². The minimum atomic E-state index is -1.10. The van der Waals surface area contributed by atoms with Crippen molar-refractivity contribution in [3.63, 3.8) is 0 Å². The lowest BCUT2D eigenvalue weighted by atomic mass is 10.0. The molecule has 1 aromatic heterocycles. The van der Waals surface area contributed by atoms with E-state index < -0.39 is 12.2 Å². The van der Waals surface area contributed by atoms with Crippen molar-refractivity contribution in [1.82, 2.24) is 4.98 Å². The van der Waals surface area contributed by atoms with Gasteiger partial charge in [-0.2, -0.15) is 5.26 Å². The molecule has 0 radical (unpaired) electrons. The summed E-state index contributed by atoms with van der Waals surface area (Å²) < 4.78 is 0. The van der Waals surface area contributed by atoms with Crippen LogP contribution in [0.5, 0.6) is 0 Å². The molecule has 0 saturated heterocycles. The number of pyridine rings is 1. The Bertz CT molecular complexity index is 609. The summed E-state index contributed by atoms with van der Waals surface area (Å²) in [5, 5.41) is 29.3. The highest BCUT2D eigenvalue weighted by Gasteiger charge is 2.18. The molecule has 2 aromatic rings. The molecule has 2 unspecified atom stereocenters. The number of hydrogen-bond acceptors (Lipinski definition) is 4. The van der Waals surface area contributed by atoms with Crippen molar-refractivity contribution < 1.29 is 10.2 Å². The third kappa shape index (κ3) is 2.44. The maximum absolute atomic E-state index is 9.89. The van der Waals surface area contributed by atoms with Gasteiger partial charge >= 0.3 is 0 Å². The van der Waals surface area contributed by atoms with E-state index in [4.69, 9.17) is 16.9 Å². The minimum Gasteiger partial charge on any atom is -0.389 e. The highest BCUT2D eigenvalue weighted by Crippen LogP contribution is 2.26. The number of halogens is 1. The van der Waals surface area contributed by atoms with Crippen molar-refractivity contribution in [2.24, 2.45) is 0 Å². The van der Waals surface area contributed by atoms with E-state index in [1.165, 1.54) is 0 Å². The van der Waals surface area contributed by atoms with Crippen LogP contribution in [0.3, 0.4) is 0 Å². The number of benzene rings is 1. The number of aliphatic hydroxyl groups excluding tert-OH is 2. The molecule has 0 aliphatic rings. The number of fused-ring (bicyclic) bond motifs is 1. The molecule has 0 amide bonds. The van der Waals surface area contributed by atoms with Crippen molar-refractivity contribution >= 4 is 22.5 Å². The largest absolute Gasteiger partial charge is 0.389 e. The molecule has 92 valence electrons. The molecule has 2 atom stereocenters. The summed E-state index contributed by atoms with van der Waals surface area (Å²) >= 11 is 6.01. The fraction of sp³-hybridized carbons (Fsp3) is 0.231. The molecular formula is C13H11ClN2O2. The number of hydrogen-bond donors (Lipinski definition) is 2. The number of nitrogens with zero attached hydrogens (tertiary/aromatic N) is 2. The molecule has 0 saturated carbocycles. The van der Waals surface area contributed by atoms with E-state index in [-0.39, 0.29) is 6.42 Å².